The van der Waals surface area contributed by atoms with Crippen molar-refractivity contribution in [3.05, 3.63) is 102 Å². The number of rotatable bonds is 7. The largest absolute Gasteiger partial charge is 0.743 e. The summed E-state index contributed by atoms with van der Waals surface area (Å²) in [6.45, 7) is 0. The van der Waals surface area contributed by atoms with Crippen molar-refractivity contribution in [1.29, 1.82) is 0 Å². The number of benzene rings is 3. The Morgan fingerprint density at radius 2 is 1.02 bits per heavy atom. The zero-order valence-electron chi connectivity index (χ0n) is 20.2. The highest BCUT2D eigenvalue weighted by Crippen LogP contribution is 2.54. The first-order valence-electron chi connectivity index (χ1n) is 11.1. The van der Waals surface area contributed by atoms with Crippen molar-refractivity contribution in [3.63, 3.8) is 0 Å². The molecule has 0 N–H and O–H groups in total. The summed E-state index contributed by atoms with van der Waals surface area (Å²) in [4.78, 5) is 2.73. The summed E-state index contributed by atoms with van der Waals surface area (Å²) >= 11 is 1.85. The van der Waals surface area contributed by atoms with Crippen LogP contribution in [0.1, 0.15) is 0 Å². The maximum atomic E-state index is 12.2. The Balaban J connectivity index is 0.000000242. The molecule has 3 aromatic carbocycles. The first-order chi connectivity index (χ1) is 18.9. The van der Waals surface area contributed by atoms with Crippen molar-refractivity contribution in [2.24, 2.45) is 0 Å². The summed E-state index contributed by atoms with van der Waals surface area (Å²) in [5.74, 6) is -14.8. The molecule has 41 heavy (non-hydrogen) atoms. The van der Waals surface area contributed by atoms with Gasteiger partial charge in [-0.05, 0) is 35.4 Å². The molecule has 0 bridgehead atoms. The highest BCUT2D eigenvalue weighted by molar-refractivity contribution is 7.98. The van der Waals surface area contributed by atoms with Gasteiger partial charge < -0.3 is 4.55 Å². The average molecular weight is 645 g/mol. The Morgan fingerprint density at radius 3 is 1.41 bits per heavy atom. The molecule has 0 aliphatic rings. The third-order valence-corrected chi connectivity index (χ3v) is 9.67. The van der Waals surface area contributed by atoms with E-state index in [1.54, 1.807) is 0 Å². The Labute approximate surface area is 235 Å². The maximum Gasteiger partial charge on any atom is 0.460 e. The van der Waals surface area contributed by atoms with E-state index in [1.807, 2.05) is 11.3 Å². The first-order valence-corrected chi connectivity index (χ1v) is 14.6. The van der Waals surface area contributed by atoms with E-state index < -0.39 is 33.4 Å². The summed E-state index contributed by atoms with van der Waals surface area (Å²) < 4.78 is 137. The zero-order valence-corrected chi connectivity index (χ0v) is 22.6. The fraction of sp³-hybridized carbons (Fsp3) is 0.154. The van der Waals surface area contributed by atoms with E-state index in [9.17, 15) is 52.5 Å². The van der Waals surface area contributed by atoms with Crippen molar-refractivity contribution >= 4 is 32.3 Å². The van der Waals surface area contributed by atoms with E-state index in [4.69, 9.17) is 0 Å². The second-order valence-electron chi connectivity index (χ2n) is 8.07. The number of alkyl halides is 9. The Morgan fingerprint density at radius 1 is 0.610 bits per heavy atom. The van der Waals surface area contributed by atoms with Crippen LogP contribution in [0.2, 0.25) is 0 Å². The van der Waals surface area contributed by atoms with Gasteiger partial charge in [-0.1, -0.05) is 78.1 Å². The smallest absolute Gasteiger partial charge is 0.460 e. The van der Waals surface area contributed by atoms with Gasteiger partial charge in [-0.25, -0.2) is 8.42 Å². The number of hydrogen-bond donors (Lipinski definition) is 0. The van der Waals surface area contributed by atoms with Crippen LogP contribution in [0.25, 0.3) is 11.1 Å². The van der Waals surface area contributed by atoms with Gasteiger partial charge in [0.15, 0.2) is 19.9 Å². The molecule has 4 rings (SSSR count). The summed E-state index contributed by atoms with van der Waals surface area (Å²) in [7, 11) is -7.47. The number of hydrogen-bond acceptors (Lipinski definition) is 4. The van der Waals surface area contributed by atoms with Gasteiger partial charge in [-0.3, -0.25) is 0 Å². The van der Waals surface area contributed by atoms with Crippen LogP contribution in [-0.2, 0) is 21.0 Å². The molecule has 0 atom stereocenters. The Bertz CT molecular complexity index is 1490. The van der Waals surface area contributed by atoms with Crippen LogP contribution in [0.15, 0.2) is 116 Å². The van der Waals surface area contributed by atoms with Gasteiger partial charge in [-0.15, -0.1) is 0 Å². The van der Waals surface area contributed by atoms with Crippen LogP contribution in [0, 0.1) is 0 Å². The Kier molecular flexibility index (Phi) is 9.57. The lowest BCUT2D eigenvalue weighted by Crippen LogP contribution is -2.63. The molecule has 3 nitrogen and oxygen atoms in total. The second kappa shape index (κ2) is 12.1. The fourth-order valence-electron chi connectivity index (χ4n) is 3.20. The van der Waals surface area contributed by atoms with E-state index >= 15 is 0 Å². The summed E-state index contributed by atoms with van der Waals surface area (Å²) in [5.41, 5.74) is 2.59. The molecule has 1 heterocycles. The summed E-state index contributed by atoms with van der Waals surface area (Å²) in [6.07, 6.45) is -7.16. The molecule has 0 amide bonds. The predicted octanol–water partition coefficient (Wildman–Crippen LogP) is 8.47. The minimum Gasteiger partial charge on any atom is -0.743 e. The quantitative estimate of drug-likeness (QED) is 0.115. The molecule has 0 fully saturated rings. The number of halogens is 9. The molecule has 0 aliphatic heterocycles. The van der Waals surface area contributed by atoms with Crippen LogP contribution in [-0.4, -0.2) is 36.2 Å². The lowest BCUT2D eigenvalue weighted by molar-refractivity contribution is -0.382. The maximum absolute atomic E-state index is 12.2. The topological polar surface area (TPSA) is 57.2 Å². The van der Waals surface area contributed by atoms with Crippen molar-refractivity contribution in [1.82, 2.24) is 0 Å². The van der Waals surface area contributed by atoms with Gasteiger partial charge in [0.25, 0.3) is 0 Å². The molecular weight excluding hydrogens is 627 g/mol. The minimum atomic E-state index is -7.43. The highest BCUT2D eigenvalue weighted by atomic mass is 32.2. The van der Waals surface area contributed by atoms with E-state index in [1.165, 1.54) is 25.1 Å². The van der Waals surface area contributed by atoms with Crippen molar-refractivity contribution in [2.75, 3.05) is 0 Å². The molecule has 4 aromatic rings. The van der Waals surface area contributed by atoms with Crippen LogP contribution >= 0.6 is 11.3 Å². The molecule has 220 valence electrons. The monoisotopic (exact) mass is 644 g/mol. The highest BCUT2D eigenvalue weighted by Gasteiger charge is 2.83. The normalized spacial score (nSPS) is 13.0. The molecular formula is C26H17F9O3S3. The van der Waals surface area contributed by atoms with Crippen molar-refractivity contribution in [3.8, 4) is 11.1 Å². The molecule has 0 radical (unpaired) electrons. The summed E-state index contributed by atoms with van der Waals surface area (Å²) in [5, 5.41) is -4.84. The molecule has 0 spiro atoms. The zero-order chi connectivity index (χ0) is 30.7. The van der Waals surface area contributed by atoms with Gasteiger partial charge in [0.2, 0.25) is 4.21 Å². The van der Waals surface area contributed by atoms with E-state index in [2.05, 4.69) is 102 Å². The van der Waals surface area contributed by atoms with Crippen molar-refractivity contribution in [2.45, 2.75) is 37.3 Å². The fourth-order valence-corrected chi connectivity index (χ4v) is 7.24. The lowest BCUT2D eigenvalue weighted by Gasteiger charge is -2.34. The Hall–Kier alpha value is -3.01. The van der Waals surface area contributed by atoms with Crippen LogP contribution in [0.4, 0.5) is 39.5 Å². The third kappa shape index (κ3) is 6.74. The molecule has 1 aromatic heterocycles. The second-order valence-corrected chi connectivity index (χ2v) is 12.7. The standard InChI is InChI=1S/C22H17S2.C4HF9O3S/c1-4-10-18(11-5-1)19-16-22(23-17-19)24(20-12-6-2-7-13-20)21-14-8-3-9-15-21;5-1(6,3(9,10)11)2(7,8)4(12,13)17(14,15)16/h1-17H;(H,14,15,16)/q+1;/p-1. The van der Waals surface area contributed by atoms with Gasteiger partial charge in [0.05, 0.1) is 0 Å². The van der Waals surface area contributed by atoms with E-state index in [0.717, 1.165) is 0 Å². The van der Waals surface area contributed by atoms with E-state index in [-0.39, 0.29) is 10.9 Å². The first kappa shape index (κ1) is 32.5. The van der Waals surface area contributed by atoms with Crippen LogP contribution < -0.4 is 0 Å². The number of thiophene rings is 1. The van der Waals surface area contributed by atoms with Gasteiger partial charge in [0.1, 0.15) is 10.9 Å². The minimum absolute atomic E-state index is 0.0491. The van der Waals surface area contributed by atoms with Gasteiger partial charge in [-0.2, -0.15) is 39.5 Å². The molecule has 15 heteroatoms. The molecule has 0 saturated heterocycles. The van der Waals surface area contributed by atoms with Gasteiger partial charge >= 0.3 is 23.3 Å². The average Bonchev–Trinajstić information content (AvgIpc) is 3.39. The van der Waals surface area contributed by atoms with Crippen molar-refractivity contribution < 1.29 is 52.5 Å². The molecule has 0 aliphatic carbocycles. The third-order valence-electron chi connectivity index (χ3n) is 5.27. The molecule has 0 unspecified atom stereocenters. The van der Waals surface area contributed by atoms with E-state index in [0.29, 0.717) is 0 Å². The SMILES string of the molecule is O=S(=O)([O-])C(F)(F)C(F)(F)C(F)(F)C(F)(F)F.c1ccc(-c2csc([S+](c3ccccc3)c3ccccc3)c2)cc1. The summed E-state index contributed by atoms with van der Waals surface area (Å²) in [6, 6.07) is 34.6. The van der Waals surface area contributed by atoms with Crippen LogP contribution in [0.5, 0.6) is 0 Å². The lowest BCUT2D eigenvalue weighted by atomic mass is 10.1. The predicted molar refractivity (Wildman–Crippen MR) is 135 cm³/mol. The van der Waals surface area contributed by atoms with Gasteiger partial charge in [0, 0.05) is 11.4 Å². The van der Waals surface area contributed by atoms with Crippen LogP contribution in [0.3, 0.4) is 0 Å². The molecule has 0 saturated carbocycles.